The van der Waals surface area contributed by atoms with Gasteiger partial charge in [0.2, 0.25) is 0 Å². The van der Waals surface area contributed by atoms with Crippen LogP contribution in [0.4, 0.5) is 0 Å². The molecule has 0 aromatic carbocycles. The maximum atomic E-state index is 10.4. The molecule has 6 nitrogen and oxygen atoms in total. The smallest absolute Gasteiger partial charge is 0.327 e. The van der Waals surface area contributed by atoms with Crippen molar-refractivity contribution >= 4 is 5.97 Å². The van der Waals surface area contributed by atoms with Gasteiger partial charge in [0.1, 0.15) is 6.10 Å². The van der Waals surface area contributed by atoms with Crippen LogP contribution in [0.15, 0.2) is 25.0 Å². The zero-order valence-electron chi connectivity index (χ0n) is 13.3. The van der Waals surface area contributed by atoms with Crippen LogP contribution < -0.4 is 0 Å². The lowest BCUT2D eigenvalue weighted by molar-refractivity contribution is -0.291. The van der Waals surface area contributed by atoms with E-state index in [1.807, 2.05) is 20.8 Å². The van der Waals surface area contributed by atoms with Crippen LogP contribution in [0.2, 0.25) is 0 Å². The highest BCUT2D eigenvalue weighted by Crippen LogP contribution is 2.29. The van der Waals surface area contributed by atoms with Crippen LogP contribution in [0.5, 0.6) is 0 Å². The lowest BCUT2D eigenvalue weighted by Crippen LogP contribution is -2.54. The van der Waals surface area contributed by atoms with Gasteiger partial charge in [-0.2, -0.15) is 0 Å². The van der Waals surface area contributed by atoms with E-state index in [1.54, 1.807) is 6.08 Å². The highest BCUT2D eigenvalue weighted by atomic mass is 16.7. The highest BCUT2D eigenvalue weighted by Gasteiger charge is 2.43. The van der Waals surface area contributed by atoms with Crippen LogP contribution >= 0.6 is 0 Å². The van der Waals surface area contributed by atoms with Gasteiger partial charge in [-0.15, -0.1) is 0 Å². The molecule has 126 valence electrons. The molecule has 1 saturated heterocycles. The first-order valence-corrected chi connectivity index (χ1v) is 7.51. The lowest BCUT2D eigenvalue weighted by atomic mass is 9.91. The SMILES string of the molecule is C=CO[C@H]1C(O[C@H](C)CC/C=C/C(=O)O)O[C@@H](C)C(C)[C@H]1O. The number of carboxylic acids is 1. The fraction of sp³-hybridized carbons (Fsp3) is 0.688. The van der Waals surface area contributed by atoms with Crippen LogP contribution in [0, 0.1) is 5.92 Å². The van der Waals surface area contributed by atoms with Crippen molar-refractivity contribution < 1.29 is 29.2 Å². The molecule has 2 N–H and O–H groups in total. The Labute approximate surface area is 131 Å². The minimum Gasteiger partial charge on any atom is -0.491 e. The molecule has 0 aromatic heterocycles. The Morgan fingerprint density at radius 3 is 2.73 bits per heavy atom. The summed E-state index contributed by atoms with van der Waals surface area (Å²) in [7, 11) is 0. The highest BCUT2D eigenvalue weighted by molar-refractivity contribution is 5.79. The molecule has 22 heavy (non-hydrogen) atoms. The Balaban J connectivity index is 2.56. The number of carbonyl (C=O) groups is 1. The molecule has 0 saturated carbocycles. The van der Waals surface area contributed by atoms with E-state index in [4.69, 9.17) is 19.3 Å². The van der Waals surface area contributed by atoms with E-state index in [-0.39, 0.29) is 18.1 Å². The molecule has 6 atom stereocenters. The van der Waals surface area contributed by atoms with E-state index in [0.717, 1.165) is 6.08 Å². The lowest BCUT2D eigenvalue weighted by Gasteiger charge is -2.42. The minimum absolute atomic E-state index is 0.0707. The largest absolute Gasteiger partial charge is 0.491 e. The van der Waals surface area contributed by atoms with Crippen LogP contribution in [0.3, 0.4) is 0 Å². The summed E-state index contributed by atoms with van der Waals surface area (Å²) in [5.41, 5.74) is 0. The van der Waals surface area contributed by atoms with E-state index in [9.17, 15) is 9.90 Å². The predicted octanol–water partition coefficient (Wildman–Crippen LogP) is 2.08. The maximum Gasteiger partial charge on any atom is 0.327 e. The second kappa shape index (κ2) is 8.92. The number of allylic oxidation sites excluding steroid dienone is 1. The summed E-state index contributed by atoms with van der Waals surface area (Å²) < 4.78 is 17.0. The molecule has 0 aliphatic carbocycles. The van der Waals surface area contributed by atoms with Crippen molar-refractivity contribution in [2.45, 2.75) is 64.3 Å². The minimum atomic E-state index is -0.963. The normalized spacial score (nSPS) is 33.5. The first kappa shape index (κ1) is 18.7. The summed E-state index contributed by atoms with van der Waals surface area (Å²) in [4.78, 5) is 10.4. The summed E-state index contributed by atoms with van der Waals surface area (Å²) in [5.74, 6) is -1.03. The Kier molecular flexibility index (Phi) is 7.58. The monoisotopic (exact) mass is 314 g/mol. The molecular weight excluding hydrogens is 288 g/mol. The molecule has 6 heteroatoms. The number of rotatable bonds is 8. The van der Waals surface area contributed by atoms with Crippen molar-refractivity contribution in [2.75, 3.05) is 0 Å². The summed E-state index contributed by atoms with van der Waals surface area (Å²) in [5, 5.41) is 18.8. The van der Waals surface area contributed by atoms with E-state index in [1.165, 1.54) is 6.26 Å². The van der Waals surface area contributed by atoms with Crippen molar-refractivity contribution in [2.24, 2.45) is 5.92 Å². The topological polar surface area (TPSA) is 85.2 Å². The summed E-state index contributed by atoms with van der Waals surface area (Å²) >= 11 is 0. The molecule has 0 spiro atoms. The quantitative estimate of drug-likeness (QED) is 0.527. The fourth-order valence-electron chi connectivity index (χ4n) is 2.33. The third-order valence-corrected chi connectivity index (χ3v) is 3.85. The molecule has 1 aliphatic heterocycles. The molecule has 1 heterocycles. The Bertz CT molecular complexity index is 394. The number of hydrogen-bond acceptors (Lipinski definition) is 5. The van der Waals surface area contributed by atoms with Gasteiger partial charge in [-0.3, -0.25) is 0 Å². The number of aliphatic carboxylic acids is 1. The zero-order valence-corrected chi connectivity index (χ0v) is 13.3. The number of hydrogen-bond donors (Lipinski definition) is 2. The molecule has 0 radical (unpaired) electrons. The summed E-state index contributed by atoms with van der Waals surface area (Å²) in [6, 6.07) is 0. The van der Waals surface area contributed by atoms with E-state index in [2.05, 4.69) is 6.58 Å². The Morgan fingerprint density at radius 1 is 1.45 bits per heavy atom. The Morgan fingerprint density at radius 2 is 2.14 bits per heavy atom. The first-order valence-electron chi connectivity index (χ1n) is 7.51. The number of aliphatic hydroxyl groups is 1. The number of carboxylic acid groups (broad SMARTS) is 1. The maximum absolute atomic E-state index is 10.4. The molecule has 0 aromatic rings. The standard InChI is InChI=1S/C16H26O6/c1-5-20-15-14(19)11(3)12(4)22-16(15)21-10(2)8-6-7-9-13(17)18/h5,7,9-12,14-16,19H,1,6,8H2,2-4H3,(H,17,18)/b9-7+/t10-,11?,12+,14-,15-,16?/m1/s1. The number of ether oxygens (including phenoxy) is 3. The van der Waals surface area contributed by atoms with E-state index in [0.29, 0.717) is 12.8 Å². The second-order valence-corrected chi connectivity index (χ2v) is 5.59. The van der Waals surface area contributed by atoms with Gasteiger partial charge in [-0.1, -0.05) is 19.6 Å². The fourth-order valence-corrected chi connectivity index (χ4v) is 2.33. The van der Waals surface area contributed by atoms with Crippen molar-refractivity contribution in [3.05, 3.63) is 25.0 Å². The zero-order chi connectivity index (χ0) is 16.7. The van der Waals surface area contributed by atoms with Crippen molar-refractivity contribution in [3.63, 3.8) is 0 Å². The third kappa shape index (κ3) is 5.44. The van der Waals surface area contributed by atoms with Gasteiger partial charge in [0.25, 0.3) is 0 Å². The van der Waals surface area contributed by atoms with Crippen LogP contribution in [-0.2, 0) is 19.0 Å². The van der Waals surface area contributed by atoms with Crippen molar-refractivity contribution in [3.8, 4) is 0 Å². The first-order chi connectivity index (χ1) is 10.4. The van der Waals surface area contributed by atoms with Crippen LogP contribution in [0.1, 0.15) is 33.6 Å². The van der Waals surface area contributed by atoms with Gasteiger partial charge in [0.05, 0.1) is 18.5 Å². The molecule has 1 rings (SSSR count). The van der Waals surface area contributed by atoms with E-state index < -0.39 is 24.5 Å². The average molecular weight is 314 g/mol. The molecular formula is C16H26O6. The molecule has 2 unspecified atom stereocenters. The third-order valence-electron chi connectivity index (χ3n) is 3.85. The van der Waals surface area contributed by atoms with Crippen LogP contribution in [0.25, 0.3) is 0 Å². The summed E-state index contributed by atoms with van der Waals surface area (Å²) in [6.45, 7) is 9.17. The van der Waals surface area contributed by atoms with Gasteiger partial charge in [0, 0.05) is 12.0 Å². The molecule has 0 amide bonds. The number of aliphatic hydroxyl groups excluding tert-OH is 1. The predicted molar refractivity (Wildman–Crippen MR) is 81.1 cm³/mol. The van der Waals surface area contributed by atoms with Gasteiger partial charge in [-0.05, 0) is 26.7 Å². The average Bonchev–Trinajstić information content (AvgIpc) is 2.45. The molecule has 1 aliphatic rings. The molecule has 1 fully saturated rings. The van der Waals surface area contributed by atoms with Gasteiger partial charge in [-0.25, -0.2) is 4.79 Å². The Hall–Kier alpha value is -1.37. The van der Waals surface area contributed by atoms with Crippen molar-refractivity contribution in [1.29, 1.82) is 0 Å². The second-order valence-electron chi connectivity index (χ2n) is 5.59. The van der Waals surface area contributed by atoms with E-state index >= 15 is 0 Å². The molecule has 0 bridgehead atoms. The van der Waals surface area contributed by atoms with Gasteiger partial charge >= 0.3 is 5.97 Å². The van der Waals surface area contributed by atoms with Gasteiger partial charge < -0.3 is 24.4 Å². The van der Waals surface area contributed by atoms with Crippen molar-refractivity contribution in [1.82, 2.24) is 0 Å². The van der Waals surface area contributed by atoms with Crippen LogP contribution in [-0.4, -0.2) is 46.9 Å². The summed E-state index contributed by atoms with van der Waals surface area (Å²) in [6.07, 6.45) is 2.88. The van der Waals surface area contributed by atoms with Gasteiger partial charge in [0.15, 0.2) is 12.4 Å².